The number of hydrogen-bond donors (Lipinski definition) is 2. The Bertz CT molecular complexity index is 446. The summed E-state index contributed by atoms with van der Waals surface area (Å²) in [5, 5.41) is 5.02. The van der Waals surface area contributed by atoms with E-state index < -0.39 is 11.8 Å². The zero-order valence-corrected chi connectivity index (χ0v) is 11.2. The maximum Gasteiger partial charge on any atom is 0.314 e. The number of carbonyl (C=O) groups is 2. The van der Waals surface area contributed by atoms with Crippen LogP contribution in [0.3, 0.4) is 0 Å². The van der Waals surface area contributed by atoms with E-state index >= 15 is 0 Å². The van der Waals surface area contributed by atoms with E-state index in [1.807, 2.05) is 0 Å². The Morgan fingerprint density at radius 2 is 2.05 bits per heavy atom. The van der Waals surface area contributed by atoms with Crippen LogP contribution < -0.4 is 10.6 Å². The molecule has 7 heteroatoms. The van der Waals surface area contributed by atoms with Gasteiger partial charge in [0.1, 0.15) is 5.82 Å². The molecule has 1 aliphatic heterocycles. The molecular formula is C13H18N4O3. The van der Waals surface area contributed by atoms with Crippen molar-refractivity contribution in [1.82, 2.24) is 15.2 Å². The van der Waals surface area contributed by atoms with Crippen LogP contribution in [0, 0.1) is 0 Å². The molecule has 0 saturated carbocycles. The fourth-order valence-electron chi connectivity index (χ4n) is 1.84. The number of carbonyl (C=O) groups excluding carboxylic acids is 2. The minimum absolute atomic E-state index is 0.362. The Kier molecular flexibility index (Phi) is 5.45. The van der Waals surface area contributed by atoms with Crippen LogP contribution in [0.15, 0.2) is 24.4 Å². The molecule has 20 heavy (non-hydrogen) atoms. The number of rotatable bonds is 4. The third kappa shape index (κ3) is 4.60. The van der Waals surface area contributed by atoms with E-state index in [-0.39, 0.29) is 0 Å². The highest BCUT2D eigenvalue weighted by atomic mass is 16.5. The van der Waals surface area contributed by atoms with Gasteiger partial charge in [-0.05, 0) is 12.1 Å². The molecule has 2 amide bonds. The molecular weight excluding hydrogens is 260 g/mol. The van der Waals surface area contributed by atoms with Crippen molar-refractivity contribution >= 4 is 17.6 Å². The fourth-order valence-corrected chi connectivity index (χ4v) is 1.84. The molecule has 108 valence electrons. The molecule has 0 radical (unpaired) electrons. The number of nitrogens with one attached hydrogen (secondary N) is 2. The van der Waals surface area contributed by atoms with E-state index in [1.54, 1.807) is 24.4 Å². The van der Waals surface area contributed by atoms with Crippen LogP contribution >= 0.6 is 0 Å². The number of amides is 2. The van der Waals surface area contributed by atoms with E-state index in [0.29, 0.717) is 32.1 Å². The van der Waals surface area contributed by atoms with Crippen molar-refractivity contribution in [2.24, 2.45) is 0 Å². The predicted molar refractivity (Wildman–Crippen MR) is 73.1 cm³/mol. The number of nitrogens with zero attached hydrogens (tertiary/aromatic N) is 2. The molecule has 1 fully saturated rings. The van der Waals surface area contributed by atoms with Crippen molar-refractivity contribution < 1.29 is 14.3 Å². The lowest BCUT2D eigenvalue weighted by Crippen LogP contribution is -2.43. The first-order valence-electron chi connectivity index (χ1n) is 6.56. The Hall–Kier alpha value is -1.99. The molecule has 2 rings (SSSR count). The van der Waals surface area contributed by atoms with Gasteiger partial charge in [0.05, 0.1) is 13.2 Å². The Morgan fingerprint density at radius 1 is 1.25 bits per heavy atom. The molecule has 0 atom stereocenters. The molecule has 0 spiro atoms. The molecule has 0 unspecified atom stereocenters. The number of morpholine rings is 1. The third-order valence-corrected chi connectivity index (χ3v) is 2.93. The van der Waals surface area contributed by atoms with Crippen molar-refractivity contribution in [3.05, 3.63) is 24.4 Å². The molecule has 0 aromatic carbocycles. The lowest BCUT2D eigenvalue weighted by Gasteiger charge is -2.26. The zero-order chi connectivity index (χ0) is 14.2. The van der Waals surface area contributed by atoms with Gasteiger partial charge in [0.25, 0.3) is 0 Å². The molecule has 0 aliphatic carbocycles. The lowest BCUT2D eigenvalue weighted by atomic mass is 10.4. The van der Waals surface area contributed by atoms with Gasteiger partial charge in [0.2, 0.25) is 0 Å². The number of hydrogen-bond acceptors (Lipinski definition) is 5. The maximum atomic E-state index is 11.6. The summed E-state index contributed by atoms with van der Waals surface area (Å²) in [6.07, 6.45) is 1.55. The van der Waals surface area contributed by atoms with Crippen LogP contribution in [0.5, 0.6) is 0 Å². The van der Waals surface area contributed by atoms with Crippen molar-refractivity contribution in [3.63, 3.8) is 0 Å². The monoisotopic (exact) mass is 278 g/mol. The van der Waals surface area contributed by atoms with Crippen LogP contribution in [0.4, 0.5) is 5.82 Å². The van der Waals surface area contributed by atoms with Crippen molar-refractivity contribution in [3.8, 4) is 0 Å². The Labute approximate surface area is 117 Å². The van der Waals surface area contributed by atoms with E-state index in [0.717, 1.165) is 13.1 Å². The summed E-state index contributed by atoms with van der Waals surface area (Å²) in [5.74, 6) is -0.990. The maximum absolute atomic E-state index is 11.6. The highest BCUT2D eigenvalue weighted by Crippen LogP contribution is 1.99. The zero-order valence-electron chi connectivity index (χ0n) is 11.2. The smallest absolute Gasteiger partial charge is 0.314 e. The standard InChI is InChI=1S/C13H18N4O3/c18-12(13(19)16-11-3-1-2-4-14-11)15-5-6-17-7-9-20-10-8-17/h1-4H,5-10H2,(H,15,18)(H,14,16,19). The number of anilines is 1. The first-order chi connectivity index (χ1) is 9.75. The predicted octanol–water partition coefficient (Wildman–Crippen LogP) is -0.531. The number of aromatic nitrogens is 1. The fraction of sp³-hybridized carbons (Fsp3) is 0.462. The van der Waals surface area contributed by atoms with E-state index in [4.69, 9.17) is 4.74 Å². The second-order valence-electron chi connectivity index (χ2n) is 4.38. The van der Waals surface area contributed by atoms with Gasteiger partial charge >= 0.3 is 11.8 Å². The van der Waals surface area contributed by atoms with E-state index in [1.165, 1.54) is 0 Å². The van der Waals surface area contributed by atoms with Gasteiger partial charge < -0.3 is 15.4 Å². The summed E-state index contributed by atoms with van der Waals surface area (Å²) in [7, 11) is 0. The van der Waals surface area contributed by atoms with Crippen molar-refractivity contribution in [2.75, 3.05) is 44.7 Å². The second-order valence-corrected chi connectivity index (χ2v) is 4.38. The Morgan fingerprint density at radius 3 is 2.75 bits per heavy atom. The average Bonchev–Trinajstić information content (AvgIpc) is 2.49. The topological polar surface area (TPSA) is 83.6 Å². The van der Waals surface area contributed by atoms with Crippen LogP contribution in [-0.4, -0.2) is 61.1 Å². The van der Waals surface area contributed by atoms with Crippen LogP contribution in [0.25, 0.3) is 0 Å². The SMILES string of the molecule is O=C(NCCN1CCOCC1)C(=O)Nc1ccccn1. The first-order valence-corrected chi connectivity index (χ1v) is 6.56. The number of pyridine rings is 1. The van der Waals surface area contributed by atoms with Gasteiger partial charge in [0.15, 0.2) is 0 Å². The molecule has 1 aliphatic rings. The normalized spacial score (nSPS) is 15.6. The van der Waals surface area contributed by atoms with Gasteiger partial charge in [0, 0.05) is 32.4 Å². The van der Waals surface area contributed by atoms with Crippen molar-refractivity contribution in [1.29, 1.82) is 0 Å². The summed E-state index contributed by atoms with van der Waals surface area (Å²) in [6.45, 7) is 4.30. The van der Waals surface area contributed by atoms with Gasteiger partial charge in [-0.25, -0.2) is 4.98 Å². The number of ether oxygens (including phenoxy) is 1. The lowest BCUT2D eigenvalue weighted by molar-refractivity contribution is -0.136. The third-order valence-electron chi connectivity index (χ3n) is 2.93. The summed E-state index contributed by atoms with van der Waals surface area (Å²) in [6, 6.07) is 5.09. The van der Waals surface area contributed by atoms with Gasteiger partial charge in [-0.1, -0.05) is 6.07 Å². The van der Waals surface area contributed by atoms with Gasteiger partial charge in [-0.2, -0.15) is 0 Å². The highest BCUT2D eigenvalue weighted by Gasteiger charge is 2.15. The molecule has 1 saturated heterocycles. The van der Waals surface area contributed by atoms with Gasteiger partial charge in [-0.15, -0.1) is 0 Å². The largest absolute Gasteiger partial charge is 0.379 e. The minimum atomic E-state index is -0.703. The van der Waals surface area contributed by atoms with Crippen LogP contribution in [-0.2, 0) is 14.3 Å². The summed E-state index contributed by atoms with van der Waals surface area (Å²) < 4.78 is 5.23. The molecule has 2 N–H and O–H groups in total. The molecule has 0 bridgehead atoms. The highest BCUT2D eigenvalue weighted by molar-refractivity contribution is 6.39. The van der Waals surface area contributed by atoms with Crippen LogP contribution in [0.2, 0.25) is 0 Å². The summed E-state index contributed by atoms with van der Waals surface area (Å²) >= 11 is 0. The molecule has 2 heterocycles. The van der Waals surface area contributed by atoms with Crippen LogP contribution in [0.1, 0.15) is 0 Å². The molecule has 7 nitrogen and oxygen atoms in total. The van der Waals surface area contributed by atoms with E-state index in [9.17, 15) is 9.59 Å². The van der Waals surface area contributed by atoms with Gasteiger partial charge in [-0.3, -0.25) is 14.5 Å². The quantitative estimate of drug-likeness (QED) is 0.723. The average molecular weight is 278 g/mol. The summed E-state index contributed by atoms with van der Waals surface area (Å²) in [5.41, 5.74) is 0. The Balaban J connectivity index is 1.67. The first kappa shape index (κ1) is 14.4. The van der Waals surface area contributed by atoms with Crippen molar-refractivity contribution in [2.45, 2.75) is 0 Å². The second kappa shape index (κ2) is 7.56. The van der Waals surface area contributed by atoms with E-state index in [2.05, 4.69) is 20.5 Å². The summed E-state index contributed by atoms with van der Waals surface area (Å²) in [4.78, 5) is 29.3. The minimum Gasteiger partial charge on any atom is -0.379 e. The molecule has 1 aromatic heterocycles. The molecule has 1 aromatic rings.